The highest BCUT2D eigenvalue weighted by Crippen LogP contribution is 2.40. The molecule has 0 spiro atoms. The Balaban J connectivity index is 1.54. The van der Waals surface area contributed by atoms with E-state index in [1.807, 2.05) is 18.2 Å². The average Bonchev–Trinajstić information content (AvgIpc) is 3.01. The second-order valence-corrected chi connectivity index (χ2v) is 5.03. The van der Waals surface area contributed by atoms with Crippen molar-refractivity contribution in [1.29, 1.82) is 0 Å². The summed E-state index contributed by atoms with van der Waals surface area (Å²) in [4.78, 5) is 22.9. The lowest BCUT2D eigenvalue weighted by atomic mass is 10.1. The minimum absolute atomic E-state index is 0.0226. The van der Waals surface area contributed by atoms with Crippen LogP contribution in [0.5, 0.6) is 0 Å². The molecular formula is C14H16N2O2. The summed E-state index contributed by atoms with van der Waals surface area (Å²) in [6.45, 7) is 0. The van der Waals surface area contributed by atoms with Crippen molar-refractivity contribution in [3.63, 3.8) is 0 Å². The zero-order chi connectivity index (χ0) is 12.5. The molecule has 1 heterocycles. The van der Waals surface area contributed by atoms with Crippen LogP contribution in [0.15, 0.2) is 30.3 Å². The van der Waals surface area contributed by atoms with Gasteiger partial charge in [-0.25, -0.2) is 0 Å². The lowest BCUT2D eigenvalue weighted by Crippen LogP contribution is -2.42. The molecular weight excluding hydrogens is 228 g/mol. The molecule has 1 aliphatic heterocycles. The maximum Gasteiger partial charge on any atom is 0.242 e. The molecule has 94 valence electrons. The second-order valence-electron chi connectivity index (χ2n) is 5.03. The molecule has 1 saturated heterocycles. The van der Waals surface area contributed by atoms with Gasteiger partial charge in [-0.3, -0.25) is 9.59 Å². The Labute approximate surface area is 106 Å². The number of nitrogens with one attached hydrogen (secondary N) is 2. The van der Waals surface area contributed by atoms with Gasteiger partial charge in [-0.1, -0.05) is 30.3 Å². The Bertz CT molecular complexity index is 472. The highest BCUT2D eigenvalue weighted by atomic mass is 16.2. The molecule has 3 atom stereocenters. The largest absolute Gasteiger partial charge is 0.351 e. The van der Waals surface area contributed by atoms with E-state index in [1.54, 1.807) is 0 Å². The third-order valence-electron chi connectivity index (χ3n) is 3.66. The lowest BCUT2D eigenvalue weighted by Gasteiger charge is -2.10. The summed E-state index contributed by atoms with van der Waals surface area (Å²) in [6.07, 6.45) is 2.08. The van der Waals surface area contributed by atoms with Gasteiger partial charge in [0, 0.05) is 18.4 Å². The van der Waals surface area contributed by atoms with E-state index >= 15 is 0 Å². The second kappa shape index (κ2) is 4.44. The third-order valence-corrected chi connectivity index (χ3v) is 3.66. The van der Waals surface area contributed by atoms with Crippen LogP contribution in [0.25, 0.3) is 0 Å². The van der Waals surface area contributed by atoms with Gasteiger partial charge in [-0.05, 0) is 18.4 Å². The normalized spacial score (nSPS) is 29.8. The van der Waals surface area contributed by atoms with Crippen LogP contribution in [-0.4, -0.2) is 23.9 Å². The van der Waals surface area contributed by atoms with E-state index in [1.165, 1.54) is 5.56 Å². The summed E-state index contributed by atoms with van der Waals surface area (Å²) in [5, 5.41) is 5.70. The lowest BCUT2D eigenvalue weighted by molar-refractivity contribution is -0.125. The van der Waals surface area contributed by atoms with Crippen molar-refractivity contribution in [2.45, 2.75) is 37.3 Å². The predicted molar refractivity (Wildman–Crippen MR) is 66.9 cm³/mol. The van der Waals surface area contributed by atoms with Crippen LogP contribution in [0.2, 0.25) is 0 Å². The summed E-state index contributed by atoms with van der Waals surface area (Å²) >= 11 is 0. The van der Waals surface area contributed by atoms with Crippen molar-refractivity contribution in [2.24, 2.45) is 0 Å². The molecule has 2 amide bonds. The van der Waals surface area contributed by atoms with Gasteiger partial charge in [0.2, 0.25) is 11.8 Å². The monoisotopic (exact) mass is 244 g/mol. The fourth-order valence-corrected chi connectivity index (χ4v) is 2.52. The molecule has 1 aromatic rings. The zero-order valence-electron chi connectivity index (χ0n) is 10.1. The van der Waals surface area contributed by atoms with Crippen molar-refractivity contribution in [1.82, 2.24) is 10.6 Å². The topological polar surface area (TPSA) is 58.2 Å². The Kier molecular flexibility index (Phi) is 2.78. The first kappa shape index (κ1) is 11.3. The van der Waals surface area contributed by atoms with Gasteiger partial charge in [-0.15, -0.1) is 0 Å². The van der Waals surface area contributed by atoms with Crippen LogP contribution in [0.1, 0.15) is 30.7 Å². The van der Waals surface area contributed by atoms with E-state index in [4.69, 9.17) is 0 Å². The molecule has 0 radical (unpaired) electrons. The van der Waals surface area contributed by atoms with Gasteiger partial charge < -0.3 is 10.6 Å². The molecule has 18 heavy (non-hydrogen) atoms. The molecule has 2 aliphatic rings. The molecule has 0 aromatic heterocycles. The average molecular weight is 244 g/mol. The summed E-state index contributed by atoms with van der Waals surface area (Å²) < 4.78 is 0. The molecule has 3 rings (SSSR count). The Morgan fingerprint density at radius 3 is 2.72 bits per heavy atom. The van der Waals surface area contributed by atoms with Crippen LogP contribution < -0.4 is 10.6 Å². The van der Waals surface area contributed by atoms with E-state index < -0.39 is 0 Å². The van der Waals surface area contributed by atoms with Crippen LogP contribution in [0.3, 0.4) is 0 Å². The highest BCUT2D eigenvalue weighted by molar-refractivity contribution is 5.91. The van der Waals surface area contributed by atoms with E-state index in [2.05, 4.69) is 22.8 Å². The molecule has 0 bridgehead atoms. The van der Waals surface area contributed by atoms with Crippen molar-refractivity contribution >= 4 is 11.8 Å². The SMILES string of the molecule is O=C1CCC(C(=O)N[C@H]2CC2c2ccccc2)N1. The highest BCUT2D eigenvalue weighted by Gasteiger charge is 2.41. The van der Waals surface area contributed by atoms with Gasteiger partial charge in [0.1, 0.15) is 6.04 Å². The number of hydrogen-bond donors (Lipinski definition) is 2. The Morgan fingerprint density at radius 2 is 2.06 bits per heavy atom. The van der Waals surface area contributed by atoms with Gasteiger partial charge in [-0.2, -0.15) is 0 Å². The van der Waals surface area contributed by atoms with Gasteiger partial charge in [0.15, 0.2) is 0 Å². The summed E-state index contributed by atoms with van der Waals surface area (Å²) in [7, 11) is 0. The first-order valence-corrected chi connectivity index (χ1v) is 6.39. The molecule has 4 heteroatoms. The quantitative estimate of drug-likeness (QED) is 0.831. The summed E-state index contributed by atoms with van der Waals surface area (Å²) in [6, 6.07) is 10.1. The van der Waals surface area contributed by atoms with Crippen LogP contribution in [0, 0.1) is 0 Å². The number of hydrogen-bond acceptors (Lipinski definition) is 2. The minimum atomic E-state index is -0.325. The van der Waals surface area contributed by atoms with Gasteiger partial charge in [0.05, 0.1) is 0 Å². The van der Waals surface area contributed by atoms with Crippen LogP contribution in [0.4, 0.5) is 0 Å². The number of carbonyl (C=O) groups is 2. The molecule has 1 saturated carbocycles. The first-order valence-electron chi connectivity index (χ1n) is 6.39. The smallest absolute Gasteiger partial charge is 0.242 e. The fourth-order valence-electron chi connectivity index (χ4n) is 2.52. The van der Waals surface area contributed by atoms with Crippen molar-refractivity contribution in [3.8, 4) is 0 Å². The van der Waals surface area contributed by atoms with E-state index in [0.717, 1.165) is 6.42 Å². The maximum atomic E-state index is 11.9. The fraction of sp³-hybridized carbons (Fsp3) is 0.429. The number of rotatable bonds is 3. The molecule has 4 nitrogen and oxygen atoms in total. The third kappa shape index (κ3) is 2.23. The zero-order valence-corrected chi connectivity index (χ0v) is 10.1. The molecule has 1 aliphatic carbocycles. The van der Waals surface area contributed by atoms with Crippen molar-refractivity contribution in [2.75, 3.05) is 0 Å². The standard InChI is InChI=1S/C14H16N2O2/c17-13-7-6-11(15-13)14(18)16-12-8-10(12)9-4-2-1-3-5-9/h1-5,10-12H,6-8H2,(H,15,17)(H,16,18)/t10?,11?,12-/m0/s1. The molecule has 2 N–H and O–H groups in total. The van der Waals surface area contributed by atoms with Crippen molar-refractivity contribution < 1.29 is 9.59 Å². The van der Waals surface area contributed by atoms with Crippen molar-refractivity contribution in [3.05, 3.63) is 35.9 Å². The summed E-state index contributed by atoms with van der Waals surface area (Å²) in [5.41, 5.74) is 1.28. The van der Waals surface area contributed by atoms with Crippen LogP contribution >= 0.6 is 0 Å². The van der Waals surface area contributed by atoms with Gasteiger partial charge >= 0.3 is 0 Å². The molecule has 2 unspecified atom stereocenters. The number of carbonyl (C=O) groups excluding carboxylic acids is 2. The predicted octanol–water partition coefficient (Wildman–Crippen LogP) is 0.937. The molecule has 1 aromatic carbocycles. The van der Waals surface area contributed by atoms with Gasteiger partial charge in [0.25, 0.3) is 0 Å². The molecule has 2 fully saturated rings. The number of amides is 2. The minimum Gasteiger partial charge on any atom is -0.351 e. The van der Waals surface area contributed by atoms with E-state index in [-0.39, 0.29) is 23.9 Å². The summed E-state index contributed by atoms with van der Waals surface area (Å²) in [5.74, 6) is 0.377. The van der Waals surface area contributed by atoms with Crippen LogP contribution in [-0.2, 0) is 9.59 Å². The Morgan fingerprint density at radius 1 is 1.28 bits per heavy atom. The maximum absolute atomic E-state index is 11.9. The first-order chi connectivity index (χ1) is 8.74. The number of benzene rings is 1. The van der Waals surface area contributed by atoms with E-state index in [0.29, 0.717) is 18.8 Å². The Hall–Kier alpha value is -1.84. The van der Waals surface area contributed by atoms with E-state index in [9.17, 15) is 9.59 Å².